The van der Waals surface area contributed by atoms with Crippen LogP contribution in [-0.4, -0.2) is 6.61 Å². The van der Waals surface area contributed by atoms with Crippen molar-refractivity contribution in [2.45, 2.75) is 54.4 Å². The minimum absolute atomic E-state index is 0.862. The Kier molecular flexibility index (Phi) is 15.3. The summed E-state index contributed by atoms with van der Waals surface area (Å²) in [4.78, 5) is 0. The quantitative estimate of drug-likeness (QED) is 0.590. The largest absolute Gasteiger partial charge is 0.493 e. The molecule has 1 rings (SSSR count). The lowest BCUT2D eigenvalue weighted by Gasteiger charge is -2.18. The Bertz CT molecular complexity index is 222. The second kappa shape index (κ2) is 14.0. The molecule has 1 aliphatic heterocycles. The van der Waals surface area contributed by atoms with Crippen molar-refractivity contribution < 1.29 is 4.74 Å². The van der Waals surface area contributed by atoms with E-state index < -0.39 is 0 Å². The highest BCUT2D eigenvalue weighted by Crippen LogP contribution is 2.22. The van der Waals surface area contributed by atoms with E-state index in [1.165, 1.54) is 5.57 Å². The van der Waals surface area contributed by atoms with Crippen LogP contribution in [0.4, 0.5) is 0 Å². The summed E-state index contributed by atoms with van der Waals surface area (Å²) in [5, 5.41) is 0. The molecule has 0 aliphatic carbocycles. The molecule has 1 aliphatic rings. The van der Waals surface area contributed by atoms with Gasteiger partial charge in [-0.15, -0.1) is 0 Å². The van der Waals surface area contributed by atoms with Crippen LogP contribution in [0.25, 0.3) is 0 Å². The van der Waals surface area contributed by atoms with Crippen LogP contribution < -0.4 is 0 Å². The van der Waals surface area contributed by atoms with Crippen LogP contribution in [0.1, 0.15) is 54.4 Å². The summed E-state index contributed by atoms with van der Waals surface area (Å²) >= 11 is 0. The van der Waals surface area contributed by atoms with Gasteiger partial charge < -0.3 is 4.74 Å². The topological polar surface area (TPSA) is 9.23 Å². The monoisotopic (exact) mass is 224 g/mol. The van der Waals surface area contributed by atoms with Crippen LogP contribution in [0.2, 0.25) is 0 Å². The van der Waals surface area contributed by atoms with E-state index >= 15 is 0 Å². The van der Waals surface area contributed by atoms with Crippen molar-refractivity contribution in [3.8, 4) is 0 Å². The molecule has 0 aromatic carbocycles. The normalized spacial score (nSPS) is 19.6. The van der Waals surface area contributed by atoms with Crippen molar-refractivity contribution in [3.63, 3.8) is 0 Å². The van der Waals surface area contributed by atoms with Gasteiger partial charge in [-0.1, -0.05) is 45.9 Å². The summed E-state index contributed by atoms with van der Waals surface area (Å²) in [5.74, 6) is 1.04. The fourth-order valence-corrected chi connectivity index (χ4v) is 1.29. The van der Waals surface area contributed by atoms with E-state index in [1.54, 1.807) is 0 Å². The average molecular weight is 224 g/mol. The van der Waals surface area contributed by atoms with Gasteiger partial charge in [0.15, 0.2) is 0 Å². The molecule has 0 radical (unpaired) electrons. The van der Waals surface area contributed by atoms with Crippen LogP contribution in [0.15, 0.2) is 35.6 Å². The van der Waals surface area contributed by atoms with Gasteiger partial charge in [-0.2, -0.15) is 0 Å². The van der Waals surface area contributed by atoms with Crippen LogP contribution >= 0.6 is 0 Å². The van der Waals surface area contributed by atoms with Crippen LogP contribution in [0.3, 0.4) is 0 Å². The highest BCUT2D eigenvalue weighted by Gasteiger charge is 2.10. The molecule has 1 heterocycles. The Balaban J connectivity index is 0. The molecule has 1 nitrogen and oxygen atoms in total. The molecule has 1 fully saturated rings. The van der Waals surface area contributed by atoms with E-state index in [0.29, 0.717) is 0 Å². The lowest BCUT2D eigenvalue weighted by Crippen LogP contribution is -2.05. The molecule has 0 atom stereocenters. The molecule has 0 aromatic rings. The minimum Gasteiger partial charge on any atom is -0.493 e. The van der Waals surface area contributed by atoms with E-state index in [2.05, 4.69) is 13.0 Å². The van der Waals surface area contributed by atoms with Gasteiger partial charge in [0.05, 0.1) is 6.61 Å². The second-order valence-electron chi connectivity index (χ2n) is 2.82. The molecule has 0 N–H and O–H groups in total. The van der Waals surface area contributed by atoms with E-state index in [1.807, 2.05) is 52.8 Å². The average Bonchev–Trinajstić information content (AvgIpc) is 2.41. The zero-order valence-corrected chi connectivity index (χ0v) is 11.8. The van der Waals surface area contributed by atoms with E-state index in [9.17, 15) is 0 Å². The zero-order valence-electron chi connectivity index (χ0n) is 11.8. The molecule has 94 valence electrons. The summed E-state index contributed by atoms with van der Waals surface area (Å²) in [6.45, 7) is 12.9. The first-order valence-electron chi connectivity index (χ1n) is 6.50. The maximum absolute atomic E-state index is 5.53. The van der Waals surface area contributed by atoms with Crippen molar-refractivity contribution >= 4 is 0 Å². The minimum atomic E-state index is 0.862. The number of allylic oxidation sites excluding steroid dienone is 5. The molecule has 0 unspecified atom stereocenters. The van der Waals surface area contributed by atoms with Gasteiger partial charge in [0.1, 0.15) is 5.76 Å². The summed E-state index contributed by atoms with van der Waals surface area (Å²) in [6, 6.07) is 0. The molecule has 0 amide bonds. The summed E-state index contributed by atoms with van der Waals surface area (Å²) in [5.41, 5.74) is 1.33. The molecule has 0 saturated carbocycles. The van der Waals surface area contributed by atoms with E-state index in [-0.39, 0.29) is 0 Å². The standard InChI is InChI=1S/C11H16O.2C2H6/c1-3-5-8-11-10(4-2)7-6-9-12-11;2*1-2/h3-5,8H,6-7,9H2,1-2H3;2*1-2H3/b5-3-,10-4-,11-8+;;. The third kappa shape index (κ3) is 7.33. The van der Waals surface area contributed by atoms with Crippen molar-refractivity contribution in [1.29, 1.82) is 0 Å². The Morgan fingerprint density at radius 2 is 1.69 bits per heavy atom. The Morgan fingerprint density at radius 3 is 2.19 bits per heavy atom. The fraction of sp³-hybridized carbons (Fsp3) is 0.600. The summed E-state index contributed by atoms with van der Waals surface area (Å²) in [6.07, 6.45) is 10.5. The maximum atomic E-state index is 5.53. The van der Waals surface area contributed by atoms with Crippen LogP contribution in [0, 0.1) is 0 Å². The molecular weight excluding hydrogens is 196 g/mol. The molecule has 16 heavy (non-hydrogen) atoms. The third-order valence-corrected chi connectivity index (χ3v) is 1.95. The predicted octanol–water partition coefficient (Wildman–Crippen LogP) is 5.26. The van der Waals surface area contributed by atoms with Crippen molar-refractivity contribution in [1.82, 2.24) is 0 Å². The third-order valence-electron chi connectivity index (χ3n) is 1.95. The zero-order chi connectivity index (χ0) is 12.8. The van der Waals surface area contributed by atoms with Crippen molar-refractivity contribution in [2.24, 2.45) is 0 Å². The smallest absolute Gasteiger partial charge is 0.122 e. The lowest BCUT2D eigenvalue weighted by molar-refractivity contribution is 0.194. The molecule has 1 saturated heterocycles. The molecule has 0 aromatic heterocycles. The van der Waals surface area contributed by atoms with Crippen molar-refractivity contribution in [3.05, 3.63) is 35.6 Å². The molecular formula is C15H28O. The number of rotatable bonds is 1. The first-order chi connectivity index (χ1) is 7.88. The second-order valence-corrected chi connectivity index (χ2v) is 2.82. The van der Waals surface area contributed by atoms with Gasteiger partial charge >= 0.3 is 0 Å². The molecule has 0 bridgehead atoms. The Hall–Kier alpha value is -0.980. The number of ether oxygens (including phenoxy) is 1. The SMILES string of the molecule is CC.CC.C\C=C/C=C1/OCCC/C1=C/C. The predicted molar refractivity (Wildman–Crippen MR) is 74.5 cm³/mol. The summed E-state index contributed by atoms with van der Waals surface area (Å²) in [7, 11) is 0. The van der Waals surface area contributed by atoms with Gasteiger partial charge in [-0.25, -0.2) is 0 Å². The number of hydrogen-bond donors (Lipinski definition) is 0. The van der Waals surface area contributed by atoms with E-state index in [4.69, 9.17) is 4.74 Å². The van der Waals surface area contributed by atoms with E-state index in [0.717, 1.165) is 25.2 Å². The first-order valence-corrected chi connectivity index (χ1v) is 6.50. The number of hydrogen-bond acceptors (Lipinski definition) is 1. The van der Waals surface area contributed by atoms with Crippen molar-refractivity contribution in [2.75, 3.05) is 6.61 Å². The Morgan fingerprint density at radius 1 is 1.06 bits per heavy atom. The highest BCUT2D eigenvalue weighted by molar-refractivity contribution is 5.29. The lowest BCUT2D eigenvalue weighted by atomic mass is 10.1. The van der Waals surface area contributed by atoms with Gasteiger partial charge in [0.2, 0.25) is 0 Å². The summed E-state index contributed by atoms with van der Waals surface area (Å²) < 4.78 is 5.53. The fourth-order valence-electron chi connectivity index (χ4n) is 1.29. The highest BCUT2D eigenvalue weighted by atomic mass is 16.5. The van der Waals surface area contributed by atoms with Gasteiger partial charge in [0, 0.05) is 0 Å². The molecule has 1 heteroatoms. The van der Waals surface area contributed by atoms with Gasteiger partial charge in [-0.05, 0) is 38.3 Å². The van der Waals surface area contributed by atoms with Crippen LogP contribution in [-0.2, 0) is 4.74 Å². The first kappa shape index (κ1) is 17.4. The maximum Gasteiger partial charge on any atom is 0.122 e. The van der Waals surface area contributed by atoms with Crippen LogP contribution in [0.5, 0.6) is 0 Å². The Labute approximate surface area is 102 Å². The molecule has 0 spiro atoms. The van der Waals surface area contributed by atoms with Gasteiger partial charge in [-0.3, -0.25) is 0 Å². The van der Waals surface area contributed by atoms with Gasteiger partial charge in [0.25, 0.3) is 0 Å².